The number of anilines is 1. The van der Waals surface area contributed by atoms with E-state index in [1.165, 1.54) is 38.5 Å². The standard InChI is InChI=1S/C24H26N2O6S/c1-17(18-7-5-4-6-8-18)26-33(28,29)21-12-10-20(11-13-21)32-16-24(27)25-19-9-14-22(30-2)23(15-19)31-3/h4-15,17,26H,16H2,1-3H3,(H,25,27)/t17-/m1/s1. The Morgan fingerprint density at radius 1 is 0.909 bits per heavy atom. The Balaban J connectivity index is 1.56. The molecule has 3 rings (SSSR count). The predicted octanol–water partition coefficient (Wildman–Crippen LogP) is 3.76. The molecular weight excluding hydrogens is 444 g/mol. The first-order chi connectivity index (χ1) is 15.8. The lowest BCUT2D eigenvalue weighted by atomic mass is 10.1. The Labute approximate surface area is 193 Å². The van der Waals surface area contributed by atoms with Gasteiger partial charge in [0.15, 0.2) is 18.1 Å². The molecule has 0 aliphatic carbocycles. The minimum absolute atomic E-state index is 0.104. The molecule has 0 saturated heterocycles. The first-order valence-corrected chi connectivity index (χ1v) is 11.6. The minimum atomic E-state index is -3.72. The molecule has 0 saturated carbocycles. The normalized spacial score (nSPS) is 12.0. The molecule has 33 heavy (non-hydrogen) atoms. The SMILES string of the molecule is COc1ccc(NC(=O)COc2ccc(S(=O)(=O)N[C@H](C)c3ccccc3)cc2)cc1OC. The van der Waals surface area contributed by atoms with Gasteiger partial charge in [0.2, 0.25) is 10.0 Å². The Bertz CT molecular complexity index is 1180. The van der Waals surface area contributed by atoms with E-state index in [1.807, 2.05) is 30.3 Å². The third-order valence-corrected chi connectivity index (χ3v) is 6.36. The van der Waals surface area contributed by atoms with Crippen molar-refractivity contribution in [3.8, 4) is 17.2 Å². The van der Waals surface area contributed by atoms with Crippen LogP contribution in [0.15, 0.2) is 77.7 Å². The highest BCUT2D eigenvalue weighted by molar-refractivity contribution is 7.89. The van der Waals surface area contributed by atoms with Gasteiger partial charge in [-0.1, -0.05) is 30.3 Å². The van der Waals surface area contributed by atoms with E-state index >= 15 is 0 Å². The van der Waals surface area contributed by atoms with Crippen LogP contribution in [0.4, 0.5) is 5.69 Å². The summed E-state index contributed by atoms with van der Waals surface area (Å²) >= 11 is 0. The molecule has 9 heteroatoms. The van der Waals surface area contributed by atoms with E-state index in [0.717, 1.165) is 5.56 Å². The fraction of sp³-hybridized carbons (Fsp3) is 0.208. The predicted molar refractivity (Wildman–Crippen MR) is 125 cm³/mol. The van der Waals surface area contributed by atoms with Gasteiger partial charge in [-0.3, -0.25) is 4.79 Å². The first-order valence-electron chi connectivity index (χ1n) is 10.1. The van der Waals surface area contributed by atoms with Crippen LogP contribution < -0.4 is 24.2 Å². The summed E-state index contributed by atoms with van der Waals surface area (Å²) in [5.41, 5.74) is 1.39. The molecule has 174 valence electrons. The zero-order valence-corrected chi connectivity index (χ0v) is 19.4. The van der Waals surface area contributed by atoms with Crippen molar-refractivity contribution in [2.75, 3.05) is 26.1 Å². The van der Waals surface area contributed by atoms with Crippen molar-refractivity contribution in [1.82, 2.24) is 4.72 Å². The van der Waals surface area contributed by atoms with Gasteiger partial charge in [0, 0.05) is 17.8 Å². The van der Waals surface area contributed by atoms with Gasteiger partial charge >= 0.3 is 0 Å². The van der Waals surface area contributed by atoms with Crippen LogP contribution in [0, 0.1) is 0 Å². The molecule has 0 heterocycles. The monoisotopic (exact) mass is 470 g/mol. The topological polar surface area (TPSA) is 103 Å². The van der Waals surface area contributed by atoms with Crippen molar-refractivity contribution in [1.29, 1.82) is 0 Å². The van der Waals surface area contributed by atoms with Crippen molar-refractivity contribution in [3.05, 3.63) is 78.4 Å². The van der Waals surface area contributed by atoms with E-state index in [1.54, 1.807) is 25.1 Å². The number of hydrogen-bond donors (Lipinski definition) is 2. The molecule has 0 bridgehead atoms. The van der Waals surface area contributed by atoms with Crippen molar-refractivity contribution >= 4 is 21.6 Å². The molecule has 1 atom stereocenters. The van der Waals surface area contributed by atoms with E-state index in [4.69, 9.17) is 14.2 Å². The average Bonchev–Trinajstić information content (AvgIpc) is 2.83. The maximum absolute atomic E-state index is 12.7. The van der Waals surface area contributed by atoms with Crippen molar-refractivity contribution in [2.24, 2.45) is 0 Å². The van der Waals surface area contributed by atoms with Crippen LogP contribution in [0.5, 0.6) is 17.2 Å². The smallest absolute Gasteiger partial charge is 0.262 e. The fourth-order valence-corrected chi connectivity index (χ4v) is 4.32. The van der Waals surface area contributed by atoms with Gasteiger partial charge in [0.05, 0.1) is 19.1 Å². The largest absolute Gasteiger partial charge is 0.493 e. The summed E-state index contributed by atoms with van der Waals surface area (Å²) in [5.74, 6) is 1.03. The molecule has 0 unspecified atom stereocenters. The number of nitrogens with one attached hydrogen (secondary N) is 2. The molecule has 3 aromatic rings. The van der Waals surface area contributed by atoms with Crippen LogP contribution in [0.3, 0.4) is 0 Å². The Kier molecular flexibility index (Phi) is 7.92. The lowest BCUT2D eigenvalue weighted by Gasteiger charge is -2.15. The average molecular weight is 471 g/mol. The number of sulfonamides is 1. The van der Waals surface area contributed by atoms with Gasteiger partial charge in [0.1, 0.15) is 5.75 Å². The fourth-order valence-electron chi connectivity index (χ4n) is 3.09. The van der Waals surface area contributed by atoms with Gasteiger partial charge in [0.25, 0.3) is 5.91 Å². The molecule has 0 aliphatic heterocycles. The molecule has 8 nitrogen and oxygen atoms in total. The highest BCUT2D eigenvalue weighted by atomic mass is 32.2. The summed E-state index contributed by atoms with van der Waals surface area (Å²) in [7, 11) is -0.679. The molecule has 3 aromatic carbocycles. The zero-order valence-electron chi connectivity index (χ0n) is 18.6. The van der Waals surface area contributed by atoms with Crippen LogP contribution in [0.1, 0.15) is 18.5 Å². The number of ether oxygens (including phenoxy) is 3. The summed E-state index contributed by atoms with van der Waals surface area (Å²) in [5, 5.41) is 2.71. The molecule has 0 aliphatic rings. The van der Waals surface area contributed by atoms with Crippen LogP contribution in [-0.2, 0) is 14.8 Å². The molecular formula is C24H26N2O6S. The number of methoxy groups -OCH3 is 2. The van der Waals surface area contributed by atoms with Gasteiger partial charge in [-0.25, -0.2) is 13.1 Å². The van der Waals surface area contributed by atoms with Crippen LogP contribution in [-0.4, -0.2) is 35.2 Å². The first kappa shape index (κ1) is 24.1. The van der Waals surface area contributed by atoms with E-state index in [-0.39, 0.29) is 23.5 Å². The van der Waals surface area contributed by atoms with Crippen molar-refractivity contribution in [3.63, 3.8) is 0 Å². The van der Waals surface area contributed by atoms with Crippen LogP contribution in [0.25, 0.3) is 0 Å². The Morgan fingerprint density at radius 3 is 2.21 bits per heavy atom. The third kappa shape index (κ3) is 6.47. The molecule has 0 radical (unpaired) electrons. The van der Waals surface area contributed by atoms with E-state index in [2.05, 4.69) is 10.0 Å². The second-order valence-corrected chi connectivity index (χ2v) is 8.85. The van der Waals surface area contributed by atoms with Crippen molar-refractivity contribution in [2.45, 2.75) is 17.9 Å². The number of rotatable bonds is 10. The lowest BCUT2D eigenvalue weighted by Crippen LogP contribution is -2.26. The van der Waals surface area contributed by atoms with E-state index in [9.17, 15) is 13.2 Å². The minimum Gasteiger partial charge on any atom is -0.493 e. The Morgan fingerprint density at radius 2 is 1.58 bits per heavy atom. The maximum atomic E-state index is 12.7. The lowest BCUT2D eigenvalue weighted by molar-refractivity contribution is -0.118. The molecule has 2 N–H and O–H groups in total. The summed E-state index contributed by atoms with van der Waals surface area (Å²) in [6.07, 6.45) is 0. The van der Waals surface area contributed by atoms with Gasteiger partial charge in [-0.05, 0) is 48.9 Å². The maximum Gasteiger partial charge on any atom is 0.262 e. The summed E-state index contributed by atoms with van der Waals surface area (Å²) in [4.78, 5) is 12.3. The van der Waals surface area contributed by atoms with Crippen molar-refractivity contribution < 1.29 is 27.4 Å². The second-order valence-electron chi connectivity index (χ2n) is 7.13. The number of amides is 1. The summed E-state index contributed by atoms with van der Waals surface area (Å²) < 4.78 is 43.8. The second kappa shape index (κ2) is 10.8. The molecule has 0 fully saturated rings. The summed E-state index contributed by atoms with van der Waals surface area (Å²) in [6.45, 7) is 1.53. The molecule has 0 aromatic heterocycles. The molecule has 0 spiro atoms. The Hall–Kier alpha value is -3.56. The zero-order chi connectivity index (χ0) is 23.8. The quantitative estimate of drug-likeness (QED) is 0.468. The summed E-state index contributed by atoms with van der Waals surface area (Å²) in [6, 6.07) is 19.8. The molecule has 1 amide bonds. The number of carbonyl (C=O) groups is 1. The van der Waals surface area contributed by atoms with Crippen LogP contribution >= 0.6 is 0 Å². The highest BCUT2D eigenvalue weighted by Crippen LogP contribution is 2.29. The van der Waals surface area contributed by atoms with Gasteiger partial charge in [-0.2, -0.15) is 0 Å². The van der Waals surface area contributed by atoms with Gasteiger partial charge < -0.3 is 19.5 Å². The van der Waals surface area contributed by atoms with E-state index < -0.39 is 10.0 Å². The van der Waals surface area contributed by atoms with E-state index in [0.29, 0.717) is 22.9 Å². The van der Waals surface area contributed by atoms with Crippen LogP contribution in [0.2, 0.25) is 0 Å². The van der Waals surface area contributed by atoms with Gasteiger partial charge in [-0.15, -0.1) is 0 Å². The number of hydrogen-bond acceptors (Lipinski definition) is 6. The highest BCUT2D eigenvalue weighted by Gasteiger charge is 2.18. The number of benzene rings is 3. The third-order valence-electron chi connectivity index (χ3n) is 4.80. The number of carbonyl (C=O) groups excluding carboxylic acids is 1.